The molecule has 168 valence electrons. The number of rotatable bonds is 8. The number of esters is 1. The number of hydrogen-bond acceptors (Lipinski definition) is 8. The number of aromatic nitrogens is 3. The fourth-order valence-corrected chi connectivity index (χ4v) is 2.89. The van der Waals surface area contributed by atoms with E-state index in [1.807, 2.05) is 0 Å². The smallest absolute Gasteiger partial charge is 0.387 e. The highest BCUT2D eigenvalue weighted by atomic mass is 32.1. The lowest BCUT2D eigenvalue weighted by Gasteiger charge is -2.13. The number of H-pyrrole nitrogens is 1. The van der Waals surface area contributed by atoms with Gasteiger partial charge in [-0.15, -0.1) is 0 Å². The molecule has 12 heteroatoms. The molecule has 0 amide bonds. The first kappa shape index (κ1) is 22.9. The van der Waals surface area contributed by atoms with Crippen molar-refractivity contribution in [1.29, 1.82) is 0 Å². The number of halogens is 2. The largest absolute Gasteiger partial charge is 0.493 e. The third-order valence-electron chi connectivity index (χ3n) is 4.04. The van der Waals surface area contributed by atoms with Crippen molar-refractivity contribution in [1.82, 2.24) is 14.9 Å². The molecule has 0 fully saturated rings. The van der Waals surface area contributed by atoms with E-state index in [0.717, 1.165) is 0 Å². The van der Waals surface area contributed by atoms with Crippen LogP contribution in [-0.4, -0.2) is 47.9 Å². The summed E-state index contributed by atoms with van der Waals surface area (Å²) in [6, 6.07) is 9.07. The monoisotopic (exact) mass is 464 g/mol. The maximum Gasteiger partial charge on any atom is 0.387 e. The molecular formula is C20H18F2N4O5S. The molecule has 0 saturated heterocycles. The summed E-state index contributed by atoms with van der Waals surface area (Å²) in [5.41, 5.74) is 1.13. The second kappa shape index (κ2) is 10.0. The molecule has 0 bridgehead atoms. The lowest BCUT2D eigenvalue weighted by molar-refractivity contribution is -0.132. The van der Waals surface area contributed by atoms with Gasteiger partial charge in [0.2, 0.25) is 10.5 Å². The fraction of sp³-hybridized carbons (Fsp3) is 0.200. The van der Waals surface area contributed by atoms with E-state index < -0.39 is 12.6 Å². The minimum Gasteiger partial charge on any atom is -0.493 e. The molecule has 3 aromatic rings. The molecule has 1 aromatic heterocycles. The Balaban J connectivity index is 1.95. The van der Waals surface area contributed by atoms with Gasteiger partial charge in [0, 0.05) is 18.1 Å². The zero-order chi connectivity index (χ0) is 23.3. The summed E-state index contributed by atoms with van der Waals surface area (Å²) in [6.07, 6.45) is 1.48. The van der Waals surface area contributed by atoms with E-state index in [2.05, 4.69) is 20.0 Å². The minimum absolute atomic E-state index is 0.0139. The Bertz CT molecular complexity index is 1170. The predicted molar refractivity (Wildman–Crippen MR) is 113 cm³/mol. The number of carbonyl (C=O) groups is 1. The van der Waals surface area contributed by atoms with Crippen LogP contribution >= 0.6 is 12.2 Å². The zero-order valence-electron chi connectivity index (χ0n) is 17.2. The maximum atomic E-state index is 12.3. The topological polar surface area (TPSA) is 100.0 Å². The van der Waals surface area contributed by atoms with Crippen LogP contribution in [0.15, 0.2) is 41.5 Å². The van der Waals surface area contributed by atoms with Crippen LogP contribution < -0.4 is 18.9 Å². The highest BCUT2D eigenvalue weighted by Gasteiger charge is 2.16. The average Bonchev–Trinajstić information content (AvgIpc) is 3.12. The first-order chi connectivity index (χ1) is 15.3. The first-order valence-electron chi connectivity index (χ1n) is 9.03. The molecule has 3 rings (SSSR count). The van der Waals surface area contributed by atoms with Gasteiger partial charge in [-0.25, -0.2) is 5.10 Å². The van der Waals surface area contributed by atoms with Crippen molar-refractivity contribution in [2.24, 2.45) is 5.10 Å². The molecule has 0 atom stereocenters. The summed E-state index contributed by atoms with van der Waals surface area (Å²) in [5, 5.41) is 11.1. The summed E-state index contributed by atoms with van der Waals surface area (Å²) in [7, 11) is 2.85. The lowest BCUT2D eigenvalue weighted by Crippen LogP contribution is -2.05. The summed E-state index contributed by atoms with van der Waals surface area (Å²) in [4.78, 5) is 11.4. The molecule has 9 nitrogen and oxygen atoms in total. The van der Waals surface area contributed by atoms with Gasteiger partial charge < -0.3 is 18.9 Å². The molecule has 0 aliphatic carbocycles. The zero-order valence-corrected chi connectivity index (χ0v) is 18.0. The Morgan fingerprint density at radius 2 is 1.81 bits per heavy atom. The average molecular weight is 464 g/mol. The SMILES string of the molecule is COc1cc(C=Nn2c(-c3ccc(OC(F)F)cc3)n[nH]c2=S)cc(OC)c1OC(C)=O. The minimum atomic E-state index is -2.92. The summed E-state index contributed by atoms with van der Waals surface area (Å²) in [5.74, 6) is 0.525. The maximum absolute atomic E-state index is 12.3. The van der Waals surface area contributed by atoms with Crippen molar-refractivity contribution in [3.05, 3.63) is 46.7 Å². The quantitative estimate of drug-likeness (QED) is 0.232. The highest BCUT2D eigenvalue weighted by molar-refractivity contribution is 7.71. The van der Waals surface area contributed by atoms with E-state index in [4.69, 9.17) is 26.4 Å². The number of alkyl halides is 2. The van der Waals surface area contributed by atoms with Crippen LogP contribution in [0.25, 0.3) is 11.4 Å². The van der Waals surface area contributed by atoms with E-state index >= 15 is 0 Å². The van der Waals surface area contributed by atoms with Gasteiger partial charge in [0.25, 0.3) is 0 Å². The first-order valence-corrected chi connectivity index (χ1v) is 9.44. The molecule has 0 unspecified atom stereocenters. The molecule has 32 heavy (non-hydrogen) atoms. The van der Waals surface area contributed by atoms with Crippen LogP contribution in [0.1, 0.15) is 12.5 Å². The number of aromatic amines is 1. The van der Waals surface area contributed by atoms with Gasteiger partial charge in [0.15, 0.2) is 17.3 Å². The van der Waals surface area contributed by atoms with Crippen molar-refractivity contribution in [2.75, 3.05) is 14.2 Å². The summed E-state index contributed by atoms with van der Waals surface area (Å²) >= 11 is 5.24. The number of nitrogens with one attached hydrogen (secondary N) is 1. The molecule has 0 aliphatic heterocycles. The van der Waals surface area contributed by atoms with Gasteiger partial charge in [-0.05, 0) is 48.6 Å². The van der Waals surface area contributed by atoms with E-state index in [1.165, 1.54) is 44.2 Å². The van der Waals surface area contributed by atoms with Gasteiger partial charge in [-0.2, -0.15) is 23.7 Å². The molecule has 1 heterocycles. The van der Waals surface area contributed by atoms with Crippen LogP contribution in [0.5, 0.6) is 23.0 Å². The Morgan fingerprint density at radius 3 is 2.34 bits per heavy atom. The van der Waals surface area contributed by atoms with Gasteiger partial charge in [-0.1, -0.05) is 0 Å². The normalized spacial score (nSPS) is 11.1. The second-order valence-electron chi connectivity index (χ2n) is 6.16. The van der Waals surface area contributed by atoms with E-state index in [9.17, 15) is 13.6 Å². The van der Waals surface area contributed by atoms with E-state index in [1.54, 1.807) is 24.3 Å². The predicted octanol–water partition coefficient (Wildman–Crippen LogP) is 4.03. The van der Waals surface area contributed by atoms with E-state index in [0.29, 0.717) is 17.0 Å². The third-order valence-corrected chi connectivity index (χ3v) is 4.30. The molecule has 2 aromatic carbocycles. The van der Waals surface area contributed by atoms with Crippen molar-refractivity contribution < 1.29 is 32.5 Å². The fourth-order valence-electron chi connectivity index (χ4n) is 2.71. The molecular weight excluding hydrogens is 446 g/mol. The van der Waals surface area contributed by atoms with Gasteiger partial charge in [0.05, 0.1) is 20.4 Å². The Kier molecular flexibility index (Phi) is 7.15. The van der Waals surface area contributed by atoms with Crippen LogP contribution in [0.4, 0.5) is 8.78 Å². The molecule has 0 saturated carbocycles. The third kappa shape index (κ3) is 5.27. The molecule has 0 aliphatic rings. The number of nitrogens with zero attached hydrogens (tertiary/aromatic N) is 3. The molecule has 1 N–H and O–H groups in total. The van der Waals surface area contributed by atoms with Crippen molar-refractivity contribution >= 4 is 24.4 Å². The number of ether oxygens (including phenoxy) is 4. The molecule has 0 radical (unpaired) electrons. The lowest BCUT2D eigenvalue weighted by atomic mass is 10.2. The van der Waals surface area contributed by atoms with Crippen molar-refractivity contribution in [2.45, 2.75) is 13.5 Å². The van der Waals surface area contributed by atoms with Crippen LogP contribution in [0, 0.1) is 4.77 Å². The van der Waals surface area contributed by atoms with Gasteiger partial charge in [-0.3, -0.25) is 4.79 Å². The Morgan fingerprint density at radius 1 is 1.19 bits per heavy atom. The van der Waals surface area contributed by atoms with Crippen LogP contribution in [-0.2, 0) is 4.79 Å². The van der Waals surface area contributed by atoms with Crippen molar-refractivity contribution in [3.63, 3.8) is 0 Å². The number of hydrogen-bond donors (Lipinski definition) is 1. The standard InChI is InChI=1S/C20H18F2N4O5S/c1-11(27)30-17-15(28-2)8-12(9-16(17)29-3)10-23-26-18(24-25-20(26)32)13-4-6-14(7-5-13)31-19(21)22/h4-10,19H,1-3H3,(H,25,32). The molecule has 0 spiro atoms. The number of benzene rings is 2. The highest BCUT2D eigenvalue weighted by Crippen LogP contribution is 2.38. The van der Waals surface area contributed by atoms with Crippen molar-refractivity contribution in [3.8, 4) is 34.4 Å². The van der Waals surface area contributed by atoms with Gasteiger partial charge >= 0.3 is 12.6 Å². The number of carbonyl (C=O) groups excluding carboxylic acids is 1. The van der Waals surface area contributed by atoms with Crippen LogP contribution in [0.3, 0.4) is 0 Å². The number of methoxy groups -OCH3 is 2. The Hall–Kier alpha value is -3.80. The second-order valence-corrected chi connectivity index (χ2v) is 6.55. The summed E-state index contributed by atoms with van der Waals surface area (Å²) < 4.78 is 46.4. The Labute approximate surface area is 186 Å². The van der Waals surface area contributed by atoms with Gasteiger partial charge in [0.1, 0.15) is 5.75 Å². The summed E-state index contributed by atoms with van der Waals surface area (Å²) in [6.45, 7) is -1.65. The van der Waals surface area contributed by atoms with E-state index in [-0.39, 0.29) is 27.8 Å². The van der Waals surface area contributed by atoms with Crippen LogP contribution in [0.2, 0.25) is 0 Å².